The third kappa shape index (κ3) is 3.93. The molecule has 0 aliphatic heterocycles. The van der Waals surface area contributed by atoms with Crippen molar-refractivity contribution < 1.29 is 9.23 Å². The van der Waals surface area contributed by atoms with Crippen molar-refractivity contribution in [1.82, 2.24) is 0 Å². The van der Waals surface area contributed by atoms with Gasteiger partial charge in [-0.05, 0) is 29.8 Å². The van der Waals surface area contributed by atoms with Gasteiger partial charge in [0.25, 0.3) is 0 Å². The van der Waals surface area contributed by atoms with Gasteiger partial charge in [0.05, 0.1) is 11.6 Å². The number of nitriles is 1. The molecule has 0 amide bonds. The van der Waals surface area contributed by atoms with Gasteiger partial charge in [-0.3, -0.25) is 0 Å². The number of halogens is 1. The fourth-order valence-electron chi connectivity index (χ4n) is 1.39. The van der Waals surface area contributed by atoms with E-state index in [1.54, 1.807) is 36.4 Å². The molecule has 0 fully saturated rings. The molecule has 0 spiro atoms. The molecule has 3 nitrogen and oxygen atoms in total. The highest BCUT2D eigenvalue weighted by Gasteiger charge is 1.94. The minimum Gasteiger partial charge on any atom is -0.390 e. The lowest BCUT2D eigenvalue weighted by Gasteiger charge is -1.99. The summed E-state index contributed by atoms with van der Waals surface area (Å²) in [6.07, 6.45) is 2.70. The van der Waals surface area contributed by atoms with E-state index < -0.39 is 0 Å². The Morgan fingerprint density at radius 1 is 1.00 bits per heavy atom. The summed E-state index contributed by atoms with van der Waals surface area (Å²) >= 11 is 0. The number of hydrogen-bond donors (Lipinski definition) is 0. The Bertz CT molecular complexity index is 598. The molecule has 2 aromatic carbocycles. The van der Waals surface area contributed by atoms with Crippen LogP contribution >= 0.6 is 0 Å². The maximum Gasteiger partial charge on any atom is 0.142 e. The summed E-state index contributed by atoms with van der Waals surface area (Å²) in [5.74, 6) is -0.281. The summed E-state index contributed by atoms with van der Waals surface area (Å²) < 4.78 is 12.7. The Labute approximate surface area is 110 Å². The minimum atomic E-state index is -0.281. The zero-order valence-corrected chi connectivity index (χ0v) is 10.0. The van der Waals surface area contributed by atoms with Crippen LogP contribution in [0.15, 0.2) is 53.7 Å². The van der Waals surface area contributed by atoms with E-state index >= 15 is 0 Å². The third-order valence-electron chi connectivity index (χ3n) is 2.40. The van der Waals surface area contributed by atoms with E-state index in [9.17, 15) is 4.39 Å². The fourth-order valence-corrected chi connectivity index (χ4v) is 1.39. The molecule has 0 N–H and O–H groups in total. The van der Waals surface area contributed by atoms with Crippen LogP contribution in [0.2, 0.25) is 0 Å². The van der Waals surface area contributed by atoms with E-state index in [-0.39, 0.29) is 12.4 Å². The van der Waals surface area contributed by atoms with Gasteiger partial charge in [-0.25, -0.2) is 4.39 Å². The highest BCUT2D eigenvalue weighted by Crippen LogP contribution is 2.05. The molecular formula is C15H10FN2O. The summed E-state index contributed by atoms with van der Waals surface area (Å²) in [4.78, 5) is 5.05. The van der Waals surface area contributed by atoms with Gasteiger partial charge >= 0.3 is 0 Å². The molecule has 0 saturated heterocycles. The zero-order chi connectivity index (χ0) is 13.5. The second-order valence-electron chi connectivity index (χ2n) is 3.79. The molecule has 0 aliphatic carbocycles. The average Bonchev–Trinajstić information content (AvgIpc) is 2.46. The zero-order valence-electron chi connectivity index (χ0n) is 10.0. The molecule has 0 saturated carbocycles. The lowest BCUT2D eigenvalue weighted by atomic mass is 10.2. The van der Waals surface area contributed by atoms with Crippen LogP contribution in [-0.4, -0.2) is 6.21 Å². The standard InChI is InChI=1S/C15H10FN2O/c16-15-7-5-14(6-8-15)11-19-18-10-13-3-1-12(9-17)2-4-13/h1-8H,11H2. The van der Waals surface area contributed by atoms with E-state index in [1.807, 2.05) is 6.07 Å². The molecule has 19 heavy (non-hydrogen) atoms. The van der Waals surface area contributed by atoms with Crippen LogP contribution in [0.1, 0.15) is 16.7 Å². The third-order valence-corrected chi connectivity index (χ3v) is 2.40. The van der Waals surface area contributed by atoms with Gasteiger partial charge in [-0.15, -0.1) is 0 Å². The van der Waals surface area contributed by atoms with Crippen molar-refractivity contribution in [1.29, 1.82) is 5.26 Å². The lowest BCUT2D eigenvalue weighted by Crippen LogP contribution is -1.88. The van der Waals surface area contributed by atoms with Crippen molar-refractivity contribution in [3.8, 4) is 6.07 Å². The number of hydrogen-bond acceptors (Lipinski definition) is 3. The first-order chi connectivity index (χ1) is 9.28. The Morgan fingerprint density at radius 3 is 2.26 bits per heavy atom. The van der Waals surface area contributed by atoms with Crippen molar-refractivity contribution in [3.05, 3.63) is 71.0 Å². The van der Waals surface area contributed by atoms with Crippen LogP contribution in [-0.2, 0) is 11.4 Å². The van der Waals surface area contributed by atoms with Gasteiger partial charge < -0.3 is 4.84 Å². The lowest BCUT2D eigenvalue weighted by molar-refractivity contribution is 0.132. The first-order valence-electron chi connectivity index (χ1n) is 5.60. The molecule has 93 valence electrons. The van der Waals surface area contributed by atoms with Crippen LogP contribution in [0.25, 0.3) is 0 Å². The number of benzene rings is 2. The molecule has 0 aliphatic rings. The second-order valence-corrected chi connectivity index (χ2v) is 3.79. The Kier molecular flexibility index (Phi) is 4.25. The topological polar surface area (TPSA) is 45.4 Å². The molecule has 0 heterocycles. The normalized spacial score (nSPS) is 10.3. The SMILES string of the molecule is N#Cc1ccc(/[C]=N\OCc2ccc(F)cc2)cc1. The summed E-state index contributed by atoms with van der Waals surface area (Å²) in [5, 5.41) is 12.3. The van der Waals surface area contributed by atoms with Gasteiger partial charge in [0, 0.05) is 5.56 Å². The van der Waals surface area contributed by atoms with Gasteiger partial charge in [0.15, 0.2) is 0 Å². The molecule has 0 aromatic heterocycles. The van der Waals surface area contributed by atoms with E-state index in [0.29, 0.717) is 5.56 Å². The molecule has 2 aromatic rings. The highest BCUT2D eigenvalue weighted by atomic mass is 19.1. The van der Waals surface area contributed by atoms with Crippen LogP contribution in [0, 0.1) is 17.1 Å². The monoisotopic (exact) mass is 253 g/mol. The van der Waals surface area contributed by atoms with Crippen LogP contribution in [0.3, 0.4) is 0 Å². The average molecular weight is 253 g/mol. The van der Waals surface area contributed by atoms with E-state index in [2.05, 4.69) is 11.4 Å². The van der Waals surface area contributed by atoms with Crippen molar-refractivity contribution in [2.24, 2.45) is 5.16 Å². The Morgan fingerprint density at radius 2 is 1.63 bits per heavy atom. The van der Waals surface area contributed by atoms with Crippen molar-refractivity contribution in [2.75, 3.05) is 0 Å². The smallest absolute Gasteiger partial charge is 0.142 e. The molecule has 0 atom stereocenters. The Hall–Kier alpha value is -2.67. The van der Waals surface area contributed by atoms with E-state index in [0.717, 1.165) is 11.1 Å². The van der Waals surface area contributed by atoms with Gasteiger partial charge in [-0.1, -0.05) is 29.4 Å². The molecule has 1 radical (unpaired) electrons. The first kappa shape index (κ1) is 12.8. The van der Waals surface area contributed by atoms with Gasteiger partial charge in [-0.2, -0.15) is 5.26 Å². The summed E-state index contributed by atoms with van der Waals surface area (Å²) in [6.45, 7) is 0.254. The van der Waals surface area contributed by atoms with Crippen molar-refractivity contribution in [3.63, 3.8) is 0 Å². The van der Waals surface area contributed by atoms with Crippen LogP contribution in [0.4, 0.5) is 4.39 Å². The van der Waals surface area contributed by atoms with Crippen molar-refractivity contribution >= 4 is 6.21 Å². The van der Waals surface area contributed by atoms with Gasteiger partial charge in [0.2, 0.25) is 0 Å². The first-order valence-corrected chi connectivity index (χ1v) is 5.60. The predicted octanol–water partition coefficient (Wildman–Crippen LogP) is 3.13. The van der Waals surface area contributed by atoms with E-state index in [1.165, 1.54) is 12.1 Å². The largest absolute Gasteiger partial charge is 0.390 e. The molecule has 0 bridgehead atoms. The summed E-state index contributed by atoms with van der Waals surface area (Å²) in [5.41, 5.74) is 2.13. The summed E-state index contributed by atoms with van der Waals surface area (Å²) in [6, 6.07) is 14.8. The number of nitrogens with zero attached hydrogens (tertiary/aromatic N) is 2. The fraction of sp³-hybridized carbons (Fsp3) is 0.0667. The van der Waals surface area contributed by atoms with E-state index in [4.69, 9.17) is 10.1 Å². The Balaban J connectivity index is 1.86. The molecule has 0 unspecified atom stereocenters. The quantitative estimate of drug-likeness (QED) is 0.620. The second kappa shape index (κ2) is 6.31. The van der Waals surface area contributed by atoms with Crippen LogP contribution in [0.5, 0.6) is 0 Å². The highest BCUT2D eigenvalue weighted by molar-refractivity contribution is 5.79. The maximum atomic E-state index is 12.7. The number of rotatable bonds is 4. The molecule has 2 rings (SSSR count). The van der Waals surface area contributed by atoms with Crippen LogP contribution < -0.4 is 0 Å². The van der Waals surface area contributed by atoms with Gasteiger partial charge in [0.1, 0.15) is 18.6 Å². The predicted molar refractivity (Wildman–Crippen MR) is 68.9 cm³/mol. The maximum absolute atomic E-state index is 12.7. The minimum absolute atomic E-state index is 0.254. The molecular weight excluding hydrogens is 243 g/mol. The summed E-state index contributed by atoms with van der Waals surface area (Å²) in [7, 11) is 0. The van der Waals surface area contributed by atoms with Crippen molar-refractivity contribution in [2.45, 2.75) is 6.61 Å². The molecule has 4 heteroatoms.